The van der Waals surface area contributed by atoms with Gasteiger partial charge in [-0.15, -0.1) is 11.3 Å². The minimum atomic E-state index is 0.154. The van der Waals surface area contributed by atoms with Crippen molar-refractivity contribution in [1.82, 2.24) is 0 Å². The van der Waals surface area contributed by atoms with Gasteiger partial charge in [-0.2, -0.15) is 0 Å². The van der Waals surface area contributed by atoms with Crippen molar-refractivity contribution < 1.29 is 13.6 Å². The van der Waals surface area contributed by atoms with Gasteiger partial charge in [0.2, 0.25) is 0 Å². The van der Waals surface area contributed by atoms with Gasteiger partial charge in [0, 0.05) is 42.0 Å². The third-order valence-corrected chi connectivity index (χ3v) is 13.2. The lowest BCUT2D eigenvalue weighted by Gasteiger charge is -2.39. The smallest absolute Gasteiger partial charge is 0.293 e. The molecule has 58 heavy (non-hydrogen) atoms. The molecule has 12 rings (SSSR count). The van der Waals surface area contributed by atoms with Gasteiger partial charge in [0.15, 0.2) is 0 Å². The fourth-order valence-electron chi connectivity index (χ4n) is 9.18. The molecule has 0 amide bonds. The predicted octanol–water partition coefficient (Wildman–Crippen LogP) is 14.4. The second-order valence-corrected chi connectivity index (χ2v) is 16.5. The SMILES string of the molecule is C1=Cc2c(oc3ccc(-c4ccc(N(C5C=CC(c6ccc7sc8ccccc8c7c6)=CC5)C5C=C(c6ccc7oc8ccccc8c7c6)C=CC5)cc4)cc23)OC1. The van der Waals surface area contributed by atoms with Crippen molar-refractivity contribution in [3.05, 3.63) is 187 Å². The van der Waals surface area contributed by atoms with Crippen molar-refractivity contribution in [3.8, 4) is 17.1 Å². The molecule has 1 aliphatic heterocycles. The minimum absolute atomic E-state index is 0.154. The Morgan fingerprint density at radius 2 is 1.24 bits per heavy atom. The van der Waals surface area contributed by atoms with Crippen molar-refractivity contribution in [3.63, 3.8) is 0 Å². The largest absolute Gasteiger partial charge is 0.460 e. The average molecular weight is 768 g/mol. The lowest BCUT2D eigenvalue weighted by Crippen LogP contribution is -2.42. The van der Waals surface area contributed by atoms with Crippen LogP contribution in [-0.2, 0) is 0 Å². The highest BCUT2D eigenvalue weighted by Crippen LogP contribution is 2.40. The van der Waals surface area contributed by atoms with Crippen LogP contribution >= 0.6 is 11.3 Å². The average Bonchev–Trinajstić information content (AvgIpc) is 3.98. The maximum atomic E-state index is 6.18. The van der Waals surface area contributed by atoms with E-state index in [1.807, 2.05) is 29.5 Å². The molecule has 0 radical (unpaired) electrons. The van der Waals surface area contributed by atoms with Crippen LogP contribution in [0.2, 0.25) is 0 Å². The van der Waals surface area contributed by atoms with E-state index in [4.69, 9.17) is 13.6 Å². The van der Waals surface area contributed by atoms with Crippen molar-refractivity contribution in [2.24, 2.45) is 0 Å². The number of benzene rings is 6. The highest BCUT2D eigenvalue weighted by atomic mass is 32.1. The van der Waals surface area contributed by atoms with E-state index in [1.165, 1.54) is 53.7 Å². The van der Waals surface area contributed by atoms with Gasteiger partial charge < -0.3 is 18.5 Å². The number of anilines is 1. The van der Waals surface area contributed by atoms with E-state index in [0.717, 1.165) is 56.9 Å². The summed E-state index contributed by atoms with van der Waals surface area (Å²) in [7, 11) is 0. The third-order valence-electron chi connectivity index (χ3n) is 12.0. The van der Waals surface area contributed by atoms with Gasteiger partial charge in [-0.3, -0.25) is 0 Å². The maximum absolute atomic E-state index is 6.18. The van der Waals surface area contributed by atoms with Gasteiger partial charge in [0.25, 0.3) is 5.95 Å². The molecule has 0 bridgehead atoms. The Kier molecular flexibility index (Phi) is 7.70. The molecule has 0 fully saturated rings. The highest BCUT2D eigenvalue weighted by Gasteiger charge is 2.27. The van der Waals surface area contributed by atoms with Crippen molar-refractivity contribution >= 4 is 87.3 Å². The van der Waals surface area contributed by atoms with Gasteiger partial charge in [0.05, 0.1) is 17.6 Å². The number of fused-ring (bicyclic) bond motifs is 9. The maximum Gasteiger partial charge on any atom is 0.293 e. The first-order valence-corrected chi connectivity index (χ1v) is 20.9. The zero-order valence-corrected chi connectivity index (χ0v) is 32.4. The van der Waals surface area contributed by atoms with Gasteiger partial charge in [0.1, 0.15) is 23.4 Å². The molecule has 3 aliphatic rings. The molecule has 0 N–H and O–H groups in total. The second kappa shape index (κ2) is 13.4. The lowest BCUT2D eigenvalue weighted by molar-refractivity contribution is 0.277. The first kappa shape index (κ1) is 33.3. The standard InChI is InChI=1S/C53H37NO3S/c1-3-12-48-42(9-1)45-31-38(19-25-49(45)56-48)35-7-5-8-41(29-35)54(39-21-14-33(15-22-39)36-18-26-50-46(30-36)44-11-6-28-55-53(44)57-50)40-23-16-34(17-24-40)37-20-27-52-47(32-37)43-10-2-4-13-51(43)58-52/h1-7,9-23,25-27,29-32,40-41H,8,24,28H2. The molecule has 0 saturated carbocycles. The monoisotopic (exact) mass is 767 g/mol. The summed E-state index contributed by atoms with van der Waals surface area (Å²) in [6, 6.07) is 46.5. The molecule has 6 aromatic carbocycles. The molecular formula is C53H37NO3S. The van der Waals surface area contributed by atoms with E-state index in [2.05, 4.69) is 163 Å². The van der Waals surface area contributed by atoms with Crippen molar-refractivity contribution in [1.29, 1.82) is 0 Å². The first-order chi connectivity index (χ1) is 28.7. The quantitative estimate of drug-likeness (QED) is 0.169. The Hall–Kier alpha value is -6.82. The van der Waals surface area contributed by atoms with Crippen LogP contribution < -0.4 is 9.64 Å². The zero-order chi connectivity index (χ0) is 38.2. The van der Waals surface area contributed by atoms with Gasteiger partial charge in [-0.25, -0.2) is 0 Å². The molecule has 9 aromatic rings. The Bertz CT molecular complexity index is 3260. The van der Waals surface area contributed by atoms with Crippen LogP contribution in [0.25, 0.3) is 81.4 Å². The summed E-state index contributed by atoms with van der Waals surface area (Å²) in [4.78, 5) is 2.62. The number of nitrogens with zero attached hydrogens (tertiary/aromatic N) is 1. The Morgan fingerprint density at radius 1 is 0.517 bits per heavy atom. The fourth-order valence-corrected chi connectivity index (χ4v) is 10.3. The van der Waals surface area contributed by atoms with Crippen molar-refractivity contribution in [2.75, 3.05) is 11.5 Å². The third kappa shape index (κ3) is 5.57. The lowest BCUT2D eigenvalue weighted by atomic mass is 9.91. The van der Waals surface area contributed by atoms with Crippen LogP contribution in [0.15, 0.2) is 179 Å². The molecule has 4 nitrogen and oxygen atoms in total. The van der Waals surface area contributed by atoms with E-state index in [-0.39, 0.29) is 12.1 Å². The molecule has 2 unspecified atom stereocenters. The zero-order valence-electron chi connectivity index (χ0n) is 31.6. The number of thiophene rings is 1. The van der Waals surface area contributed by atoms with Gasteiger partial charge in [-0.05, 0) is 119 Å². The van der Waals surface area contributed by atoms with Crippen molar-refractivity contribution in [2.45, 2.75) is 24.9 Å². The normalized spacial score (nSPS) is 17.6. The molecule has 5 heteroatoms. The number of hydrogen-bond acceptors (Lipinski definition) is 5. The number of ether oxygens (including phenoxy) is 1. The summed E-state index contributed by atoms with van der Waals surface area (Å²) in [5.74, 6) is 0.603. The Balaban J connectivity index is 0.902. The van der Waals surface area contributed by atoms with Crippen LogP contribution in [0.1, 0.15) is 29.5 Å². The number of para-hydroxylation sites is 1. The van der Waals surface area contributed by atoms with Crippen LogP contribution in [0.5, 0.6) is 5.95 Å². The fraction of sp³-hybridized carbons (Fsp3) is 0.0943. The molecule has 0 saturated heterocycles. The molecule has 2 atom stereocenters. The summed E-state index contributed by atoms with van der Waals surface area (Å²) >= 11 is 1.87. The molecule has 0 spiro atoms. The molecule has 278 valence electrons. The molecule has 2 aliphatic carbocycles. The van der Waals surface area contributed by atoms with Crippen LogP contribution in [0, 0.1) is 0 Å². The summed E-state index contributed by atoms with van der Waals surface area (Å²) in [5.41, 5.74) is 12.2. The van der Waals surface area contributed by atoms with Gasteiger partial charge in [-0.1, -0.05) is 103 Å². The molecular weight excluding hydrogens is 731 g/mol. The van der Waals surface area contributed by atoms with Gasteiger partial charge >= 0.3 is 0 Å². The topological polar surface area (TPSA) is 38.8 Å². The second-order valence-electron chi connectivity index (χ2n) is 15.4. The Morgan fingerprint density at radius 3 is 2.14 bits per heavy atom. The number of furan rings is 2. The number of allylic oxidation sites excluding steroid dienone is 4. The van der Waals surface area contributed by atoms with E-state index in [9.17, 15) is 0 Å². The van der Waals surface area contributed by atoms with Crippen LogP contribution in [-0.4, -0.2) is 18.7 Å². The summed E-state index contributed by atoms with van der Waals surface area (Å²) in [5, 5.41) is 6.04. The molecule has 3 aromatic heterocycles. The number of hydrogen-bond donors (Lipinski definition) is 0. The summed E-state index contributed by atoms with van der Waals surface area (Å²) < 4.78 is 20.6. The summed E-state index contributed by atoms with van der Waals surface area (Å²) in [6.45, 7) is 0.539. The van der Waals surface area contributed by atoms with E-state index in [1.54, 1.807) is 0 Å². The predicted molar refractivity (Wildman–Crippen MR) is 243 cm³/mol. The Labute approximate surface area is 339 Å². The number of rotatable bonds is 6. The highest BCUT2D eigenvalue weighted by molar-refractivity contribution is 7.25. The summed E-state index contributed by atoms with van der Waals surface area (Å²) in [6.07, 6.45) is 20.2. The van der Waals surface area contributed by atoms with E-state index < -0.39 is 0 Å². The molecule has 4 heterocycles. The first-order valence-electron chi connectivity index (χ1n) is 20.0. The minimum Gasteiger partial charge on any atom is -0.460 e. The van der Waals surface area contributed by atoms with Crippen LogP contribution in [0.4, 0.5) is 5.69 Å². The van der Waals surface area contributed by atoms with E-state index in [0.29, 0.717) is 12.6 Å². The van der Waals surface area contributed by atoms with E-state index >= 15 is 0 Å². The van der Waals surface area contributed by atoms with Crippen LogP contribution in [0.3, 0.4) is 0 Å².